The van der Waals surface area contributed by atoms with Gasteiger partial charge in [0.05, 0.1) is 11.3 Å². The van der Waals surface area contributed by atoms with Gasteiger partial charge in [-0.15, -0.1) is 4.52 Å². The highest BCUT2D eigenvalue weighted by molar-refractivity contribution is 7.32. The molecule has 0 radical (unpaired) electrons. The van der Waals surface area contributed by atoms with Gasteiger partial charge in [-0.1, -0.05) is 0 Å². The third kappa shape index (κ3) is 3.99. The van der Waals surface area contributed by atoms with Crippen LogP contribution in [0.3, 0.4) is 0 Å². The first-order valence-electron chi connectivity index (χ1n) is 0.942. The minimum Gasteiger partial charge on any atom is -0.119 e. The molecule has 0 aliphatic rings. The van der Waals surface area contributed by atoms with Crippen LogP contribution in [0.15, 0.2) is 0 Å². The topological polar surface area (TPSA) is 26.3 Å². The molecule has 0 aromatic heterocycles. The summed E-state index contributed by atoms with van der Waals surface area (Å²) in [5.74, 6) is 0. The first kappa shape index (κ1) is 4.99. The molecule has 5 heavy (non-hydrogen) atoms. The van der Waals surface area contributed by atoms with Crippen molar-refractivity contribution >= 4 is 8.34 Å². The van der Waals surface area contributed by atoms with Gasteiger partial charge in [0.15, 0.2) is 0 Å². The Labute approximate surface area is 29.9 Å². The fourth-order valence-electron chi connectivity index (χ4n) is 0. The van der Waals surface area contributed by atoms with E-state index in [1.54, 1.807) is 0 Å². The lowest BCUT2D eigenvalue weighted by molar-refractivity contribution is 0.381. The van der Waals surface area contributed by atoms with Gasteiger partial charge in [-0.05, 0) is 0 Å². The van der Waals surface area contributed by atoms with Crippen molar-refractivity contribution < 1.29 is 13.3 Å². The zero-order valence-electron chi connectivity index (χ0n) is 2.64. The molecular formula is CH3FO2P+. The minimum atomic E-state index is -2.85. The summed E-state index contributed by atoms with van der Waals surface area (Å²) in [5, 5.41) is 0. The highest BCUT2D eigenvalue weighted by atomic mass is 31.2. The van der Waals surface area contributed by atoms with E-state index in [9.17, 15) is 4.20 Å². The molecular weight excluding hydrogens is 94.0 g/mol. The Kier molecular flexibility index (Phi) is 2.24. The molecule has 0 amide bonds. The molecule has 0 bridgehead atoms. The third-order valence-electron chi connectivity index (χ3n) is 0.144. The summed E-state index contributed by atoms with van der Waals surface area (Å²) < 4.78 is 23.4. The van der Waals surface area contributed by atoms with E-state index in [2.05, 4.69) is 4.52 Å². The monoisotopic (exact) mass is 97.0 g/mol. The largest absolute Gasteiger partial charge is 0.746 e. The molecule has 0 saturated carbocycles. The van der Waals surface area contributed by atoms with E-state index < -0.39 is 8.34 Å². The first-order chi connectivity index (χ1) is 2.27. The Morgan fingerprint density at radius 2 is 2.20 bits per heavy atom. The maximum atomic E-state index is 10.7. The van der Waals surface area contributed by atoms with Gasteiger partial charge in [-0.2, -0.15) is 0 Å². The van der Waals surface area contributed by atoms with Gasteiger partial charge in [-0.25, -0.2) is 0 Å². The van der Waals surface area contributed by atoms with Crippen LogP contribution in [0.2, 0.25) is 0 Å². The van der Waals surface area contributed by atoms with Gasteiger partial charge in [0.25, 0.3) is 0 Å². The van der Waals surface area contributed by atoms with Gasteiger partial charge < -0.3 is 0 Å². The number of hydrogen-bond acceptors (Lipinski definition) is 2. The van der Waals surface area contributed by atoms with Gasteiger partial charge >= 0.3 is 8.34 Å². The smallest absolute Gasteiger partial charge is 0.119 e. The Balaban J connectivity index is 2.85. The second kappa shape index (κ2) is 2.24. The first-order valence-corrected chi connectivity index (χ1v) is 2.01. The van der Waals surface area contributed by atoms with Crippen molar-refractivity contribution in [2.75, 3.05) is 7.11 Å². The van der Waals surface area contributed by atoms with Crippen LogP contribution in [0.4, 0.5) is 4.20 Å². The molecule has 0 heterocycles. The average Bonchev–Trinajstić information content (AvgIpc) is 1.38. The van der Waals surface area contributed by atoms with E-state index in [1.807, 2.05) is 0 Å². The highest BCUT2D eigenvalue weighted by Gasteiger charge is 2.08. The predicted molar refractivity (Wildman–Crippen MR) is 15.7 cm³/mol. The quantitative estimate of drug-likeness (QED) is 0.460. The zero-order chi connectivity index (χ0) is 4.28. The van der Waals surface area contributed by atoms with E-state index in [4.69, 9.17) is 4.57 Å². The van der Waals surface area contributed by atoms with E-state index in [1.165, 1.54) is 0 Å². The van der Waals surface area contributed by atoms with Crippen molar-refractivity contribution in [1.29, 1.82) is 0 Å². The molecule has 0 aromatic rings. The number of halogens is 1. The van der Waals surface area contributed by atoms with E-state index in [0.29, 0.717) is 0 Å². The lowest BCUT2D eigenvalue weighted by Crippen LogP contribution is -1.51. The maximum Gasteiger partial charge on any atom is 0.746 e. The van der Waals surface area contributed by atoms with Gasteiger partial charge in [0.2, 0.25) is 0 Å². The summed E-state index contributed by atoms with van der Waals surface area (Å²) in [6.07, 6.45) is 0. The Hall–Kier alpha value is -0.0100. The van der Waals surface area contributed by atoms with E-state index >= 15 is 0 Å². The SMILES string of the molecule is CO[P+](=O)F. The van der Waals surface area contributed by atoms with Crippen LogP contribution < -0.4 is 0 Å². The second-order valence-electron chi connectivity index (χ2n) is 0.395. The average molecular weight is 97.0 g/mol. The molecule has 0 spiro atoms. The molecule has 0 aromatic carbocycles. The summed E-state index contributed by atoms with van der Waals surface area (Å²) in [4.78, 5) is 0. The zero-order valence-corrected chi connectivity index (χ0v) is 3.54. The van der Waals surface area contributed by atoms with Crippen molar-refractivity contribution in [3.8, 4) is 0 Å². The van der Waals surface area contributed by atoms with Crippen molar-refractivity contribution in [2.45, 2.75) is 0 Å². The Morgan fingerprint density at radius 3 is 2.20 bits per heavy atom. The molecule has 0 rings (SSSR count). The van der Waals surface area contributed by atoms with E-state index in [0.717, 1.165) is 7.11 Å². The summed E-state index contributed by atoms with van der Waals surface area (Å²) in [6, 6.07) is 0. The summed E-state index contributed by atoms with van der Waals surface area (Å²) >= 11 is 0. The van der Waals surface area contributed by atoms with Gasteiger partial charge in [0.1, 0.15) is 0 Å². The predicted octanol–water partition coefficient (Wildman–Crippen LogP) is 1.26. The Bertz CT molecular complexity index is 44.9. The highest BCUT2D eigenvalue weighted by Crippen LogP contribution is 2.19. The van der Waals surface area contributed by atoms with Gasteiger partial charge in [-0.3, -0.25) is 0 Å². The molecule has 0 aliphatic heterocycles. The standard InChI is InChI=1S/CH3FO2P/c1-4-5(2)3/h1H3/q+1. The molecule has 0 saturated heterocycles. The maximum absolute atomic E-state index is 10.7. The molecule has 0 N–H and O–H groups in total. The molecule has 0 aliphatic carbocycles. The van der Waals surface area contributed by atoms with Gasteiger partial charge in [0, 0.05) is 4.57 Å². The molecule has 30 valence electrons. The Morgan fingerprint density at radius 1 is 2.00 bits per heavy atom. The van der Waals surface area contributed by atoms with Crippen molar-refractivity contribution in [3.63, 3.8) is 0 Å². The van der Waals surface area contributed by atoms with E-state index in [-0.39, 0.29) is 0 Å². The van der Waals surface area contributed by atoms with Crippen LogP contribution in [-0.4, -0.2) is 7.11 Å². The van der Waals surface area contributed by atoms with Crippen LogP contribution in [0.5, 0.6) is 0 Å². The van der Waals surface area contributed by atoms with Crippen molar-refractivity contribution in [3.05, 3.63) is 0 Å². The summed E-state index contributed by atoms with van der Waals surface area (Å²) in [7, 11) is -1.81. The van der Waals surface area contributed by atoms with Crippen LogP contribution in [0.25, 0.3) is 0 Å². The van der Waals surface area contributed by atoms with Crippen molar-refractivity contribution in [2.24, 2.45) is 0 Å². The molecule has 1 atom stereocenters. The third-order valence-corrected chi connectivity index (χ3v) is 0.431. The lowest BCUT2D eigenvalue weighted by Gasteiger charge is -1.51. The van der Waals surface area contributed by atoms with Crippen molar-refractivity contribution in [1.82, 2.24) is 0 Å². The number of rotatable bonds is 1. The molecule has 4 heteroatoms. The minimum absolute atomic E-state index is 1.04. The second-order valence-corrected chi connectivity index (χ2v) is 1.19. The fourth-order valence-corrected chi connectivity index (χ4v) is 0. The molecule has 0 fully saturated rings. The lowest BCUT2D eigenvalue weighted by atomic mass is 11.8. The normalized spacial score (nSPS) is 11.2. The molecule has 1 unspecified atom stereocenters. The molecule has 2 nitrogen and oxygen atoms in total. The summed E-state index contributed by atoms with van der Waals surface area (Å²) in [6.45, 7) is 0. The van der Waals surface area contributed by atoms with Crippen LogP contribution in [0, 0.1) is 0 Å². The van der Waals surface area contributed by atoms with Crippen LogP contribution >= 0.6 is 8.34 Å². The van der Waals surface area contributed by atoms with Crippen LogP contribution in [-0.2, 0) is 9.09 Å². The fraction of sp³-hybridized carbons (Fsp3) is 1.00. The van der Waals surface area contributed by atoms with Crippen LogP contribution in [0.1, 0.15) is 0 Å². The number of hydrogen-bond donors (Lipinski definition) is 0. The summed E-state index contributed by atoms with van der Waals surface area (Å²) in [5.41, 5.74) is 0.